The highest BCUT2D eigenvalue weighted by Crippen LogP contribution is 2.55. The minimum Gasteiger partial charge on any atom is -0.322 e. The molecule has 3 rings (SSSR count). The summed E-state index contributed by atoms with van der Waals surface area (Å²) in [5.41, 5.74) is -12.5. The monoisotopic (exact) mass is 586 g/mol. The predicted molar refractivity (Wildman–Crippen MR) is 120 cm³/mol. The molecule has 0 radical (unpaired) electrons. The predicted octanol–water partition coefficient (Wildman–Crippen LogP) is 8.15. The van der Waals surface area contributed by atoms with Crippen LogP contribution in [0.5, 0.6) is 0 Å². The van der Waals surface area contributed by atoms with Crippen LogP contribution in [-0.2, 0) is 11.8 Å². The van der Waals surface area contributed by atoms with Gasteiger partial charge in [0, 0.05) is 22.4 Å². The van der Waals surface area contributed by atoms with E-state index in [1.165, 1.54) is 24.3 Å². The molecule has 0 unspecified atom stereocenters. The summed E-state index contributed by atoms with van der Waals surface area (Å²) in [6.45, 7) is 0. The van der Waals surface area contributed by atoms with Gasteiger partial charge >= 0.3 is 24.2 Å². The summed E-state index contributed by atoms with van der Waals surface area (Å²) >= 11 is 5.57. The second-order valence-corrected chi connectivity index (χ2v) is 8.29. The molecule has 0 saturated heterocycles. The lowest BCUT2D eigenvalue weighted by Gasteiger charge is -2.31. The standard InChI is InChI=1S/C24H13ClF10N2O2/c25-17-11-14(21(26,23(30,31)32)24(33,34)35)10-16(22(27,28)29)18(17)37-20(39)13-7-4-8-15(9-13)36-19(38)12-5-2-1-3-6-12/h1-11H,(H,36,38)(H,37,39). The Morgan fingerprint density at radius 3 is 1.72 bits per heavy atom. The van der Waals surface area contributed by atoms with Gasteiger partial charge in [-0.05, 0) is 42.5 Å². The average Bonchev–Trinajstić information content (AvgIpc) is 2.83. The lowest BCUT2D eigenvalue weighted by Crippen LogP contribution is -2.50. The summed E-state index contributed by atoms with van der Waals surface area (Å²) in [7, 11) is 0. The molecule has 0 aliphatic carbocycles. The number of amides is 2. The van der Waals surface area contributed by atoms with E-state index >= 15 is 0 Å². The van der Waals surface area contributed by atoms with Crippen molar-refractivity contribution in [2.75, 3.05) is 10.6 Å². The van der Waals surface area contributed by atoms with Crippen LogP contribution in [0.4, 0.5) is 55.3 Å². The zero-order valence-electron chi connectivity index (χ0n) is 18.8. The number of hydrogen-bond donors (Lipinski definition) is 2. The third-order valence-corrected chi connectivity index (χ3v) is 5.53. The first-order valence-corrected chi connectivity index (χ1v) is 10.8. The molecule has 0 aliphatic rings. The molecule has 3 aromatic rings. The number of rotatable bonds is 5. The van der Waals surface area contributed by atoms with E-state index in [-0.39, 0.29) is 22.9 Å². The molecule has 0 spiro atoms. The molecule has 0 atom stereocenters. The van der Waals surface area contributed by atoms with Gasteiger partial charge in [0.2, 0.25) is 0 Å². The van der Waals surface area contributed by atoms with Gasteiger partial charge in [0.15, 0.2) is 0 Å². The molecule has 208 valence electrons. The van der Waals surface area contributed by atoms with Crippen molar-refractivity contribution in [1.29, 1.82) is 0 Å². The van der Waals surface area contributed by atoms with Crippen molar-refractivity contribution < 1.29 is 53.5 Å². The van der Waals surface area contributed by atoms with Gasteiger partial charge < -0.3 is 10.6 Å². The fraction of sp³-hybridized carbons (Fsp3) is 0.167. The maximum Gasteiger partial charge on any atom is 0.435 e. The Hall–Kier alpha value is -3.81. The van der Waals surface area contributed by atoms with Crippen molar-refractivity contribution in [3.05, 3.63) is 94.0 Å². The highest BCUT2D eigenvalue weighted by atomic mass is 35.5. The van der Waals surface area contributed by atoms with E-state index in [0.717, 1.165) is 12.1 Å². The number of halogens is 11. The Kier molecular flexibility index (Phi) is 7.93. The normalized spacial score (nSPS) is 12.7. The van der Waals surface area contributed by atoms with Crippen molar-refractivity contribution in [3.8, 4) is 0 Å². The van der Waals surface area contributed by atoms with E-state index in [2.05, 4.69) is 5.32 Å². The van der Waals surface area contributed by atoms with Gasteiger partial charge in [-0.3, -0.25) is 9.59 Å². The van der Waals surface area contributed by atoms with Crippen molar-refractivity contribution in [3.63, 3.8) is 0 Å². The number of benzene rings is 3. The van der Waals surface area contributed by atoms with E-state index in [0.29, 0.717) is 0 Å². The largest absolute Gasteiger partial charge is 0.435 e. The van der Waals surface area contributed by atoms with Gasteiger partial charge in [0.1, 0.15) is 0 Å². The molecule has 2 amide bonds. The molecule has 0 saturated carbocycles. The zero-order chi connectivity index (χ0) is 29.4. The molecule has 2 N–H and O–H groups in total. The minimum atomic E-state index is -6.70. The quantitative estimate of drug-likeness (QED) is 0.297. The Morgan fingerprint density at radius 2 is 1.18 bits per heavy atom. The molecule has 4 nitrogen and oxygen atoms in total. The van der Waals surface area contributed by atoms with Crippen LogP contribution in [-0.4, -0.2) is 24.2 Å². The molecular weight excluding hydrogens is 574 g/mol. The van der Waals surface area contributed by atoms with Crippen molar-refractivity contribution in [2.45, 2.75) is 24.2 Å². The molecule has 0 aliphatic heterocycles. The average molecular weight is 587 g/mol. The lowest BCUT2D eigenvalue weighted by molar-refractivity contribution is -0.348. The van der Waals surface area contributed by atoms with Gasteiger partial charge in [-0.25, -0.2) is 4.39 Å². The number of carbonyl (C=O) groups excluding carboxylic acids is 2. The molecular formula is C24H13ClF10N2O2. The maximum absolute atomic E-state index is 14.4. The van der Waals surface area contributed by atoms with Crippen LogP contribution in [0.15, 0.2) is 66.7 Å². The van der Waals surface area contributed by atoms with Gasteiger partial charge in [-0.15, -0.1) is 0 Å². The van der Waals surface area contributed by atoms with Gasteiger partial charge in [-0.1, -0.05) is 35.9 Å². The SMILES string of the molecule is O=C(Nc1cccc(C(=O)Nc2c(Cl)cc(C(F)(C(F)(F)F)C(F)(F)F)cc2C(F)(F)F)c1)c1ccccc1. The fourth-order valence-corrected chi connectivity index (χ4v) is 3.63. The van der Waals surface area contributed by atoms with Crippen molar-refractivity contribution in [2.24, 2.45) is 0 Å². The Bertz CT molecular complexity index is 1370. The smallest absolute Gasteiger partial charge is 0.322 e. The Balaban J connectivity index is 2.00. The molecule has 0 bridgehead atoms. The molecule has 0 heterocycles. The van der Waals surface area contributed by atoms with Gasteiger partial charge in [0.25, 0.3) is 11.8 Å². The van der Waals surface area contributed by atoms with E-state index in [1.807, 2.05) is 0 Å². The van der Waals surface area contributed by atoms with Crippen molar-refractivity contribution >= 4 is 34.8 Å². The van der Waals surface area contributed by atoms with Gasteiger partial charge in [0.05, 0.1) is 16.3 Å². The first kappa shape index (κ1) is 29.7. The molecule has 0 fully saturated rings. The first-order valence-electron chi connectivity index (χ1n) is 10.4. The van der Waals surface area contributed by atoms with Crippen LogP contribution in [0.2, 0.25) is 5.02 Å². The number of alkyl halides is 10. The number of carbonyl (C=O) groups is 2. The Morgan fingerprint density at radius 1 is 0.641 bits per heavy atom. The minimum absolute atomic E-state index is 0.0200. The number of anilines is 2. The van der Waals surface area contributed by atoms with Crippen LogP contribution >= 0.6 is 11.6 Å². The van der Waals surface area contributed by atoms with Gasteiger partial charge in [-0.2, -0.15) is 39.5 Å². The second-order valence-electron chi connectivity index (χ2n) is 7.89. The number of nitrogens with one attached hydrogen (secondary N) is 2. The topological polar surface area (TPSA) is 58.2 Å². The summed E-state index contributed by atoms with van der Waals surface area (Å²) in [6.07, 6.45) is -19.1. The molecule has 15 heteroatoms. The number of hydrogen-bond acceptors (Lipinski definition) is 2. The highest BCUT2D eigenvalue weighted by molar-refractivity contribution is 6.34. The fourth-order valence-electron chi connectivity index (χ4n) is 3.36. The van der Waals surface area contributed by atoms with Crippen LogP contribution in [0, 0.1) is 0 Å². The van der Waals surface area contributed by atoms with E-state index in [4.69, 9.17) is 11.6 Å². The lowest BCUT2D eigenvalue weighted by atomic mass is 9.91. The maximum atomic E-state index is 14.4. The third-order valence-electron chi connectivity index (χ3n) is 5.23. The van der Waals surface area contributed by atoms with E-state index in [1.54, 1.807) is 23.5 Å². The van der Waals surface area contributed by atoms with Crippen LogP contribution in [0.25, 0.3) is 0 Å². The zero-order valence-corrected chi connectivity index (χ0v) is 19.6. The summed E-state index contributed by atoms with van der Waals surface area (Å²) in [5.74, 6) is -1.93. The van der Waals surface area contributed by atoms with E-state index in [9.17, 15) is 53.5 Å². The highest BCUT2D eigenvalue weighted by Gasteiger charge is 2.73. The summed E-state index contributed by atoms with van der Waals surface area (Å²) < 4.78 is 134. The van der Waals surface area contributed by atoms with Crippen molar-refractivity contribution in [1.82, 2.24) is 0 Å². The molecule has 3 aromatic carbocycles. The van der Waals surface area contributed by atoms with Crippen LogP contribution in [0.1, 0.15) is 31.8 Å². The first-order chi connectivity index (χ1) is 17.9. The second kappa shape index (κ2) is 10.4. The van der Waals surface area contributed by atoms with Crippen LogP contribution < -0.4 is 10.6 Å². The summed E-state index contributed by atoms with van der Waals surface area (Å²) in [5, 5.41) is 2.67. The molecule has 39 heavy (non-hydrogen) atoms. The summed E-state index contributed by atoms with van der Waals surface area (Å²) in [4.78, 5) is 25.0. The third kappa shape index (κ3) is 6.10. The Labute approximate surface area is 217 Å². The summed E-state index contributed by atoms with van der Waals surface area (Å²) in [6, 6.07) is 11.4. The van der Waals surface area contributed by atoms with Crippen LogP contribution in [0.3, 0.4) is 0 Å². The molecule has 0 aromatic heterocycles. The van der Waals surface area contributed by atoms with E-state index < -0.39 is 63.9 Å².